The topological polar surface area (TPSA) is 24.9 Å². The van der Waals surface area contributed by atoms with E-state index in [1.54, 1.807) is 0 Å². The van der Waals surface area contributed by atoms with E-state index in [1.165, 1.54) is 10.4 Å². The van der Waals surface area contributed by atoms with E-state index in [0.29, 0.717) is 5.92 Å². The number of likely N-dealkylation sites (N-methyl/N-ethyl adjacent to an activating group) is 1. The molecule has 0 aliphatic heterocycles. The lowest BCUT2D eigenvalue weighted by Gasteiger charge is -2.15. The van der Waals surface area contributed by atoms with Gasteiger partial charge in [0.2, 0.25) is 0 Å². The number of nitrogens with one attached hydrogen (secondary N) is 1. The minimum atomic E-state index is 0.367. The molecule has 1 N–H and O–H groups in total. The van der Waals surface area contributed by atoms with E-state index in [-0.39, 0.29) is 0 Å². The molecule has 0 spiro atoms. The van der Waals surface area contributed by atoms with Crippen molar-refractivity contribution in [3.05, 3.63) is 52.0 Å². The first kappa shape index (κ1) is 11.3. The summed E-state index contributed by atoms with van der Waals surface area (Å²) < 4.78 is 0. The van der Waals surface area contributed by atoms with Crippen molar-refractivity contribution >= 4 is 11.3 Å². The summed E-state index contributed by atoms with van der Waals surface area (Å²) in [5.74, 6) is 0.367. The molecule has 2 rings (SSSR count). The predicted molar refractivity (Wildman–Crippen MR) is 69.1 cm³/mol. The maximum atomic E-state index is 4.46. The van der Waals surface area contributed by atoms with Crippen molar-refractivity contribution in [3.63, 3.8) is 0 Å². The first-order valence-electron chi connectivity index (χ1n) is 5.42. The molecule has 0 aliphatic rings. The van der Waals surface area contributed by atoms with Crippen molar-refractivity contribution in [3.8, 4) is 0 Å². The van der Waals surface area contributed by atoms with E-state index in [2.05, 4.69) is 34.7 Å². The van der Waals surface area contributed by atoms with Gasteiger partial charge in [0.05, 0.1) is 0 Å². The quantitative estimate of drug-likeness (QED) is 0.877. The second-order valence-electron chi connectivity index (χ2n) is 3.83. The molecule has 0 radical (unpaired) electrons. The van der Waals surface area contributed by atoms with Crippen molar-refractivity contribution in [2.45, 2.75) is 12.8 Å². The van der Waals surface area contributed by atoms with Gasteiger partial charge in [0.1, 0.15) is 0 Å². The molecule has 0 aromatic carbocycles. The van der Waals surface area contributed by atoms with Crippen LogP contribution in [0.2, 0.25) is 0 Å². The number of thiophene rings is 1. The molecule has 0 bridgehead atoms. The normalized spacial score (nSPS) is 12.6. The van der Waals surface area contributed by atoms with Gasteiger partial charge in [-0.2, -0.15) is 0 Å². The second-order valence-corrected chi connectivity index (χ2v) is 4.78. The monoisotopic (exact) mass is 232 g/mol. The first-order chi connectivity index (χ1) is 7.83. The SMILES string of the molecule is CNCC(c1ccccn1)c1sccc1C. The minimum Gasteiger partial charge on any atom is -0.319 e. The fourth-order valence-corrected chi connectivity index (χ4v) is 2.90. The third-order valence-electron chi connectivity index (χ3n) is 2.67. The van der Waals surface area contributed by atoms with E-state index in [1.807, 2.05) is 36.7 Å². The molecule has 2 nitrogen and oxygen atoms in total. The number of hydrogen-bond donors (Lipinski definition) is 1. The van der Waals surface area contributed by atoms with Gasteiger partial charge in [-0.25, -0.2) is 0 Å². The molecule has 0 saturated heterocycles. The number of aryl methyl sites for hydroxylation is 1. The van der Waals surface area contributed by atoms with E-state index in [9.17, 15) is 0 Å². The molecule has 0 amide bonds. The maximum absolute atomic E-state index is 4.46. The summed E-state index contributed by atoms with van der Waals surface area (Å²) in [5, 5.41) is 5.40. The Kier molecular flexibility index (Phi) is 3.70. The third-order valence-corrected chi connectivity index (χ3v) is 3.80. The molecule has 2 aromatic heterocycles. The zero-order valence-electron chi connectivity index (χ0n) is 9.60. The number of nitrogens with zero attached hydrogens (tertiary/aromatic N) is 1. The summed E-state index contributed by atoms with van der Waals surface area (Å²) in [6.45, 7) is 3.09. The van der Waals surface area contributed by atoms with Crippen LogP contribution in [0.15, 0.2) is 35.8 Å². The Labute approximate surface area is 100 Å². The van der Waals surface area contributed by atoms with Gasteiger partial charge in [-0.3, -0.25) is 4.98 Å². The van der Waals surface area contributed by atoms with Gasteiger partial charge < -0.3 is 5.32 Å². The summed E-state index contributed by atoms with van der Waals surface area (Å²) in [4.78, 5) is 5.87. The lowest BCUT2D eigenvalue weighted by Crippen LogP contribution is -2.18. The molecule has 0 aliphatic carbocycles. The molecule has 84 valence electrons. The molecule has 2 heterocycles. The molecule has 1 atom stereocenters. The number of pyridine rings is 1. The summed E-state index contributed by atoms with van der Waals surface area (Å²) in [5.41, 5.74) is 2.50. The molecule has 1 unspecified atom stereocenters. The maximum Gasteiger partial charge on any atom is 0.0499 e. The van der Waals surface area contributed by atoms with Gasteiger partial charge in [-0.15, -0.1) is 11.3 Å². The highest BCUT2D eigenvalue weighted by Crippen LogP contribution is 2.29. The van der Waals surface area contributed by atoms with Gasteiger partial charge >= 0.3 is 0 Å². The Morgan fingerprint density at radius 3 is 2.81 bits per heavy atom. The minimum absolute atomic E-state index is 0.367. The molecule has 3 heteroatoms. The Hall–Kier alpha value is -1.19. The van der Waals surface area contributed by atoms with E-state index >= 15 is 0 Å². The lowest BCUT2D eigenvalue weighted by atomic mass is 10.00. The van der Waals surface area contributed by atoms with Crippen LogP contribution in [0.25, 0.3) is 0 Å². The van der Waals surface area contributed by atoms with Gasteiger partial charge in [0.15, 0.2) is 0 Å². The molecule has 2 aromatic rings. The largest absolute Gasteiger partial charge is 0.319 e. The molecule has 0 fully saturated rings. The van der Waals surface area contributed by atoms with E-state index in [0.717, 1.165) is 12.2 Å². The van der Waals surface area contributed by atoms with Crippen molar-refractivity contribution in [2.75, 3.05) is 13.6 Å². The predicted octanol–water partition coefficient (Wildman–Crippen LogP) is 2.80. The zero-order chi connectivity index (χ0) is 11.4. The van der Waals surface area contributed by atoms with Crippen LogP contribution in [0.5, 0.6) is 0 Å². The van der Waals surface area contributed by atoms with Crippen LogP contribution in [0.1, 0.15) is 22.1 Å². The van der Waals surface area contributed by atoms with Crippen LogP contribution >= 0.6 is 11.3 Å². The Bertz CT molecular complexity index is 436. The smallest absolute Gasteiger partial charge is 0.0499 e. The fraction of sp³-hybridized carbons (Fsp3) is 0.308. The average Bonchev–Trinajstić information content (AvgIpc) is 2.73. The van der Waals surface area contributed by atoms with Gasteiger partial charge in [-0.1, -0.05) is 6.07 Å². The zero-order valence-corrected chi connectivity index (χ0v) is 10.4. The van der Waals surface area contributed by atoms with Gasteiger partial charge in [0.25, 0.3) is 0 Å². The van der Waals surface area contributed by atoms with Crippen molar-refractivity contribution in [1.82, 2.24) is 10.3 Å². The fourth-order valence-electron chi connectivity index (χ4n) is 1.86. The van der Waals surface area contributed by atoms with Crippen LogP contribution in [0, 0.1) is 6.92 Å². The van der Waals surface area contributed by atoms with Crippen LogP contribution in [-0.4, -0.2) is 18.6 Å². The van der Waals surface area contributed by atoms with Gasteiger partial charge in [-0.05, 0) is 43.1 Å². The molecule has 0 saturated carbocycles. The Balaban J connectivity index is 2.35. The Morgan fingerprint density at radius 2 is 2.25 bits per heavy atom. The standard InChI is InChI=1S/C13H16N2S/c1-10-6-8-16-13(10)11(9-14-2)12-5-3-4-7-15-12/h3-8,11,14H,9H2,1-2H3. The summed E-state index contributed by atoms with van der Waals surface area (Å²) in [6.07, 6.45) is 1.86. The molecule has 16 heavy (non-hydrogen) atoms. The summed E-state index contributed by atoms with van der Waals surface area (Å²) in [7, 11) is 1.98. The highest BCUT2D eigenvalue weighted by molar-refractivity contribution is 7.10. The third kappa shape index (κ3) is 2.31. The second kappa shape index (κ2) is 5.23. The number of hydrogen-bond acceptors (Lipinski definition) is 3. The lowest BCUT2D eigenvalue weighted by molar-refractivity contribution is 0.698. The number of aromatic nitrogens is 1. The van der Waals surface area contributed by atoms with Gasteiger partial charge in [0, 0.05) is 29.2 Å². The highest BCUT2D eigenvalue weighted by Gasteiger charge is 2.17. The first-order valence-corrected chi connectivity index (χ1v) is 6.30. The van der Waals surface area contributed by atoms with Crippen molar-refractivity contribution in [1.29, 1.82) is 0 Å². The van der Waals surface area contributed by atoms with E-state index in [4.69, 9.17) is 0 Å². The van der Waals surface area contributed by atoms with Crippen LogP contribution in [0.4, 0.5) is 0 Å². The highest BCUT2D eigenvalue weighted by atomic mass is 32.1. The van der Waals surface area contributed by atoms with Crippen molar-refractivity contribution in [2.24, 2.45) is 0 Å². The number of rotatable bonds is 4. The molecular formula is C13H16N2S. The van der Waals surface area contributed by atoms with Crippen LogP contribution in [0.3, 0.4) is 0 Å². The van der Waals surface area contributed by atoms with Crippen LogP contribution < -0.4 is 5.32 Å². The van der Waals surface area contributed by atoms with Crippen molar-refractivity contribution < 1.29 is 0 Å². The average molecular weight is 232 g/mol. The van der Waals surface area contributed by atoms with Crippen LogP contribution in [-0.2, 0) is 0 Å². The Morgan fingerprint density at radius 1 is 1.38 bits per heavy atom. The summed E-state index contributed by atoms with van der Waals surface area (Å²) >= 11 is 1.81. The summed E-state index contributed by atoms with van der Waals surface area (Å²) in [6, 6.07) is 8.28. The molecular weight excluding hydrogens is 216 g/mol. The van der Waals surface area contributed by atoms with E-state index < -0.39 is 0 Å².